The van der Waals surface area contributed by atoms with Crippen molar-refractivity contribution in [3.05, 3.63) is 205 Å². The number of fused-ring (bicyclic) bond motifs is 4. The molecule has 0 amide bonds. The molecule has 0 radical (unpaired) electrons. The highest BCUT2D eigenvalue weighted by Gasteiger charge is 2.37. The molecule has 0 spiro atoms. The lowest BCUT2D eigenvalue weighted by atomic mass is 9.81. The second kappa shape index (κ2) is 13.2. The molecule has 0 fully saturated rings. The van der Waals surface area contributed by atoms with Gasteiger partial charge in [0.25, 0.3) is 0 Å². The Morgan fingerprint density at radius 2 is 0.782 bits per heavy atom. The van der Waals surface area contributed by atoms with Crippen LogP contribution in [0.25, 0.3) is 89.2 Å². The highest BCUT2D eigenvalue weighted by Crippen LogP contribution is 2.54. The SMILES string of the molecule is CC1(C)c2cc3ccccc3cc2-c2c(-c3ccccc3-c3nc(-c4ccccc4-c4ccccc4)cc(-c4ccccc4-c4ccccc4)n3)cccc21. The van der Waals surface area contributed by atoms with Crippen molar-refractivity contribution >= 4 is 10.8 Å². The van der Waals surface area contributed by atoms with E-state index in [1.54, 1.807) is 0 Å². The largest absolute Gasteiger partial charge is 0.228 e. The standard InChI is InChI=1S/C53H38N2/c1-53(2)47-31-17-30-44(51(47)46-32-37-22-9-10-23-38(37)33-48(46)53)41-26-13-16-29-45(41)52-54-49(42-27-14-11-24-39(42)35-18-5-3-6-19-35)34-50(55-52)43-28-15-12-25-40(43)36-20-7-4-8-21-36/h3-34H,1-2H3. The van der Waals surface area contributed by atoms with Gasteiger partial charge in [-0.25, -0.2) is 9.97 Å². The molecular weight excluding hydrogens is 665 g/mol. The summed E-state index contributed by atoms with van der Waals surface area (Å²) >= 11 is 0. The van der Waals surface area contributed by atoms with Crippen LogP contribution in [0, 0.1) is 0 Å². The van der Waals surface area contributed by atoms with Crippen molar-refractivity contribution < 1.29 is 0 Å². The maximum absolute atomic E-state index is 5.47. The molecule has 9 aromatic rings. The maximum atomic E-state index is 5.47. The van der Waals surface area contributed by atoms with E-state index in [2.05, 4.69) is 208 Å². The molecule has 55 heavy (non-hydrogen) atoms. The zero-order chi connectivity index (χ0) is 36.9. The Labute approximate surface area is 322 Å². The Bertz CT molecular complexity index is 2790. The van der Waals surface area contributed by atoms with Crippen LogP contribution in [0.1, 0.15) is 25.0 Å². The zero-order valence-electron chi connectivity index (χ0n) is 30.9. The molecule has 0 saturated carbocycles. The number of aromatic nitrogens is 2. The quantitative estimate of drug-likeness (QED) is 0.172. The summed E-state index contributed by atoms with van der Waals surface area (Å²) in [6.07, 6.45) is 0. The number of hydrogen-bond acceptors (Lipinski definition) is 2. The first-order chi connectivity index (χ1) is 27.0. The number of benzene rings is 8. The van der Waals surface area contributed by atoms with Crippen LogP contribution in [0.15, 0.2) is 194 Å². The first-order valence-electron chi connectivity index (χ1n) is 19.0. The summed E-state index contributed by atoms with van der Waals surface area (Å²) in [6, 6.07) is 69.4. The third-order valence-electron chi connectivity index (χ3n) is 11.3. The fourth-order valence-corrected chi connectivity index (χ4v) is 8.61. The van der Waals surface area contributed by atoms with Crippen molar-refractivity contribution in [2.24, 2.45) is 0 Å². The van der Waals surface area contributed by atoms with E-state index in [1.807, 2.05) is 0 Å². The van der Waals surface area contributed by atoms with Crippen LogP contribution in [0.4, 0.5) is 0 Å². The van der Waals surface area contributed by atoms with Crippen molar-refractivity contribution in [1.82, 2.24) is 9.97 Å². The Balaban J connectivity index is 1.23. The lowest BCUT2D eigenvalue weighted by Gasteiger charge is -2.22. The molecule has 1 aliphatic carbocycles. The minimum absolute atomic E-state index is 0.147. The van der Waals surface area contributed by atoms with Gasteiger partial charge in [0.15, 0.2) is 5.82 Å². The Hall–Kier alpha value is -6.90. The van der Waals surface area contributed by atoms with Crippen LogP contribution < -0.4 is 0 Å². The minimum atomic E-state index is -0.147. The summed E-state index contributed by atoms with van der Waals surface area (Å²) in [5.74, 6) is 0.697. The van der Waals surface area contributed by atoms with E-state index in [0.717, 1.165) is 55.9 Å². The van der Waals surface area contributed by atoms with E-state index in [0.29, 0.717) is 5.82 Å². The fourth-order valence-electron chi connectivity index (χ4n) is 8.61. The summed E-state index contributed by atoms with van der Waals surface area (Å²) in [7, 11) is 0. The summed E-state index contributed by atoms with van der Waals surface area (Å²) in [5.41, 5.74) is 16.9. The molecule has 1 heterocycles. The molecule has 1 aliphatic rings. The van der Waals surface area contributed by atoms with Gasteiger partial charge in [-0.05, 0) is 84.6 Å². The molecule has 0 N–H and O–H groups in total. The first kappa shape index (κ1) is 32.7. The van der Waals surface area contributed by atoms with Crippen LogP contribution in [0.3, 0.4) is 0 Å². The molecule has 1 aromatic heterocycles. The average molecular weight is 703 g/mol. The zero-order valence-corrected chi connectivity index (χ0v) is 30.9. The molecule has 0 unspecified atom stereocenters. The van der Waals surface area contributed by atoms with Crippen molar-refractivity contribution in [1.29, 1.82) is 0 Å². The van der Waals surface area contributed by atoms with Crippen LogP contribution in [0.5, 0.6) is 0 Å². The number of hydrogen-bond donors (Lipinski definition) is 0. The monoisotopic (exact) mass is 702 g/mol. The molecule has 8 aromatic carbocycles. The topological polar surface area (TPSA) is 25.8 Å². The van der Waals surface area contributed by atoms with Crippen molar-refractivity contribution in [3.63, 3.8) is 0 Å². The predicted octanol–water partition coefficient (Wildman–Crippen LogP) is 13.9. The first-order valence-corrected chi connectivity index (χ1v) is 19.0. The third-order valence-corrected chi connectivity index (χ3v) is 11.3. The Kier molecular flexibility index (Phi) is 7.85. The van der Waals surface area contributed by atoms with Gasteiger partial charge in [0.1, 0.15) is 0 Å². The average Bonchev–Trinajstić information content (AvgIpc) is 3.48. The van der Waals surface area contributed by atoms with Crippen LogP contribution in [0.2, 0.25) is 0 Å². The van der Waals surface area contributed by atoms with E-state index >= 15 is 0 Å². The summed E-state index contributed by atoms with van der Waals surface area (Å²) in [6.45, 7) is 4.71. The molecular formula is C53H38N2. The van der Waals surface area contributed by atoms with Crippen molar-refractivity contribution in [3.8, 4) is 78.4 Å². The highest BCUT2D eigenvalue weighted by atomic mass is 14.9. The smallest absolute Gasteiger partial charge is 0.161 e. The lowest BCUT2D eigenvalue weighted by molar-refractivity contribution is 0.661. The molecule has 260 valence electrons. The van der Waals surface area contributed by atoms with Crippen molar-refractivity contribution in [2.75, 3.05) is 0 Å². The van der Waals surface area contributed by atoms with E-state index < -0.39 is 0 Å². The van der Waals surface area contributed by atoms with Gasteiger partial charge in [-0.1, -0.05) is 190 Å². The van der Waals surface area contributed by atoms with Gasteiger partial charge in [-0.2, -0.15) is 0 Å². The van der Waals surface area contributed by atoms with Crippen LogP contribution >= 0.6 is 0 Å². The van der Waals surface area contributed by atoms with Gasteiger partial charge >= 0.3 is 0 Å². The van der Waals surface area contributed by atoms with E-state index in [4.69, 9.17) is 9.97 Å². The van der Waals surface area contributed by atoms with Gasteiger partial charge < -0.3 is 0 Å². The molecule has 0 saturated heterocycles. The van der Waals surface area contributed by atoms with Gasteiger partial charge in [0, 0.05) is 22.1 Å². The maximum Gasteiger partial charge on any atom is 0.161 e. The number of rotatable bonds is 6. The number of nitrogens with zero attached hydrogens (tertiary/aromatic N) is 2. The van der Waals surface area contributed by atoms with Crippen LogP contribution in [-0.4, -0.2) is 9.97 Å². The molecule has 0 bridgehead atoms. The molecule has 10 rings (SSSR count). The highest BCUT2D eigenvalue weighted by molar-refractivity contribution is 6.00. The van der Waals surface area contributed by atoms with Gasteiger partial charge in [0.05, 0.1) is 11.4 Å². The van der Waals surface area contributed by atoms with E-state index in [9.17, 15) is 0 Å². The molecule has 0 atom stereocenters. The second-order valence-corrected chi connectivity index (χ2v) is 14.9. The normalized spacial score (nSPS) is 12.7. The second-order valence-electron chi connectivity index (χ2n) is 14.9. The Morgan fingerprint density at radius 1 is 0.327 bits per heavy atom. The molecule has 0 aliphatic heterocycles. The third kappa shape index (κ3) is 5.57. The van der Waals surface area contributed by atoms with E-state index in [1.165, 1.54) is 38.6 Å². The fraction of sp³-hybridized carbons (Fsp3) is 0.0566. The van der Waals surface area contributed by atoms with E-state index in [-0.39, 0.29) is 5.41 Å². The summed E-state index contributed by atoms with van der Waals surface area (Å²) in [4.78, 5) is 10.9. The minimum Gasteiger partial charge on any atom is -0.228 e. The summed E-state index contributed by atoms with van der Waals surface area (Å²) in [5, 5.41) is 2.52. The van der Waals surface area contributed by atoms with Gasteiger partial charge in [-0.3, -0.25) is 0 Å². The molecule has 2 nitrogen and oxygen atoms in total. The Morgan fingerprint density at radius 3 is 1.36 bits per heavy atom. The van der Waals surface area contributed by atoms with Crippen LogP contribution in [-0.2, 0) is 5.41 Å². The van der Waals surface area contributed by atoms with Crippen molar-refractivity contribution in [2.45, 2.75) is 19.3 Å². The lowest BCUT2D eigenvalue weighted by Crippen LogP contribution is -2.14. The molecule has 2 heteroatoms. The van der Waals surface area contributed by atoms with Gasteiger partial charge in [-0.15, -0.1) is 0 Å². The predicted molar refractivity (Wildman–Crippen MR) is 230 cm³/mol. The van der Waals surface area contributed by atoms with Gasteiger partial charge in [0.2, 0.25) is 0 Å². The summed E-state index contributed by atoms with van der Waals surface area (Å²) < 4.78 is 0.